The normalized spacial score (nSPS) is 14.8. The quantitative estimate of drug-likeness (QED) is 0.611. The maximum absolute atomic E-state index is 13.1. The lowest BCUT2D eigenvalue weighted by molar-refractivity contribution is -0.116. The highest BCUT2D eigenvalue weighted by molar-refractivity contribution is 7.89. The van der Waals surface area contributed by atoms with Gasteiger partial charge in [0, 0.05) is 25.2 Å². The first kappa shape index (κ1) is 22.1. The third-order valence-electron chi connectivity index (χ3n) is 4.94. The smallest absolute Gasteiger partial charge is 0.246 e. The maximum Gasteiger partial charge on any atom is 0.246 e. The van der Waals surface area contributed by atoms with Crippen molar-refractivity contribution in [1.82, 2.24) is 4.31 Å². The highest BCUT2D eigenvalue weighted by Crippen LogP contribution is 2.31. The summed E-state index contributed by atoms with van der Waals surface area (Å²) >= 11 is 0. The number of benzene rings is 2. The van der Waals surface area contributed by atoms with Crippen LogP contribution in [0.15, 0.2) is 53.4 Å². The predicted octanol–water partition coefficient (Wildman–Crippen LogP) is 3.67. The van der Waals surface area contributed by atoms with E-state index in [1.807, 2.05) is 30.3 Å². The van der Waals surface area contributed by atoms with Gasteiger partial charge in [0.25, 0.3) is 0 Å². The van der Waals surface area contributed by atoms with Crippen molar-refractivity contribution in [2.24, 2.45) is 0 Å². The number of methoxy groups -OCH3 is 1. The van der Waals surface area contributed by atoms with Crippen molar-refractivity contribution in [3.8, 4) is 11.5 Å². The lowest BCUT2D eigenvalue weighted by atomic mass is 10.2. The van der Waals surface area contributed by atoms with E-state index in [0.29, 0.717) is 31.8 Å². The van der Waals surface area contributed by atoms with Crippen LogP contribution in [0.2, 0.25) is 0 Å². The Balaban J connectivity index is 1.60. The molecule has 0 spiro atoms. The lowest BCUT2D eigenvalue weighted by Crippen LogP contribution is -2.35. The van der Waals surface area contributed by atoms with Gasteiger partial charge in [-0.2, -0.15) is 4.31 Å². The van der Waals surface area contributed by atoms with E-state index in [1.165, 1.54) is 17.5 Å². The van der Waals surface area contributed by atoms with Crippen LogP contribution in [0.3, 0.4) is 0 Å². The van der Waals surface area contributed by atoms with E-state index in [0.717, 1.165) is 25.0 Å². The summed E-state index contributed by atoms with van der Waals surface area (Å²) in [6, 6.07) is 14.1. The van der Waals surface area contributed by atoms with Gasteiger partial charge in [-0.05, 0) is 49.6 Å². The topological polar surface area (TPSA) is 84.9 Å². The summed E-state index contributed by atoms with van der Waals surface area (Å²) in [4.78, 5) is 12.4. The maximum atomic E-state index is 13.1. The zero-order valence-corrected chi connectivity index (χ0v) is 18.0. The number of anilines is 1. The molecular weight excluding hydrogens is 404 g/mol. The Labute approximate surface area is 178 Å². The van der Waals surface area contributed by atoms with Gasteiger partial charge in [-0.3, -0.25) is 4.79 Å². The summed E-state index contributed by atoms with van der Waals surface area (Å²) in [5, 5.41) is 2.77. The molecule has 0 bridgehead atoms. The third kappa shape index (κ3) is 5.73. The fraction of sp³-hybridized carbons (Fsp3) is 0.409. The van der Waals surface area contributed by atoms with Crippen LogP contribution in [-0.4, -0.2) is 45.4 Å². The molecule has 1 N–H and O–H groups in total. The Hall–Kier alpha value is -2.58. The molecule has 0 unspecified atom stereocenters. The van der Waals surface area contributed by atoms with E-state index in [1.54, 1.807) is 12.1 Å². The molecular formula is C22H28N2O5S. The van der Waals surface area contributed by atoms with Gasteiger partial charge in [0.1, 0.15) is 16.4 Å². The molecule has 7 nitrogen and oxygen atoms in total. The van der Waals surface area contributed by atoms with Crippen LogP contribution in [0.25, 0.3) is 0 Å². The average molecular weight is 433 g/mol. The number of piperidine rings is 1. The molecule has 8 heteroatoms. The van der Waals surface area contributed by atoms with Crippen molar-refractivity contribution in [1.29, 1.82) is 0 Å². The van der Waals surface area contributed by atoms with Crippen LogP contribution >= 0.6 is 0 Å². The van der Waals surface area contributed by atoms with Gasteiger partial charge in [-0.1, -0.05) is 24.6 Å². The molecule has 0 radical (unpaired) electrons. The van der Waals surface area contributed by atoms with Gasteiger partial charge in [-0.15, -0.1) is 0 Å². The van der Waals surface area contributed by atoms with Gasteiger partial charge >= 0.3 is 0 Å². The summed E-state index contributed by atoms with van der Waals surface area (Å²) in [7, 11) is -2.24. The number of carbonyl (C=O) groups excluding carboxylic acids is 1. The molecule has 1 aliphatic rings. The van der Waals surface area contributed by atoms with Gasteiger partial charge in [-0.25, -0.2) is 8.42 Å². The number of para-hydroxylation sites is 1. The fourth-order valence-electron chi connectivity index (χ4n) is 3.36. The molecule has 30 heavy (non-hydrogen) atoms. The summed E-state index contributed by atoms with van der Waals surface area (Å²) in [6.07, 6.45) is 3.56. The third-order valence-corrected chi connectivity index (χ3v) is 6.86. The minimum Gasteiger partial charge on any atom is -0.495 e. The van der Waals surface area contributed by atoms with Crippen LogP contribution in [0.1, 0.15) is 32.1 Å². The van der Waals surface area contributed by atoms with Gasteiger partial charge in [0.2, 0.25) is 15.9 Å². The van der Waals surface area contributed by atoms with Crippen LogP contribution in [0, 0.1) is 0 Å². The Bertz CT molecular complexity index is 941. The van der Waals surface area contributed by atoms with Crippen LogP contribution in [0.4, 0.5) is 5.69 Å². The molecule has 1 fully saturated rings. The lowest BCUT2D eigenvalue weighted by Gasteiger charge is -2.26. The summed E-state index contributed by atoms with van der Waals surface area (Å²) in [6.45, 7) is 1.43. The molecule has 1 amide bonds. The first-order valence-electron chi connectivity index (χ1n) is 10.2. The molecule has 162 valence electrons. The second-order valence-electron chi connectivity index (χ2n) is 7.14. The number of hydrogen-bond donors (Lipinski definition) is 1. The zero-order chi connectivity index (χ0) is 21.4. The molecule has 1 heterocycles. The molecule has 2 aromatic carbocycles. The number of carbonyl (C=O) groups is 1. The van der Waals surface area contributed by atoms with Crippen LogP contribution in [0.5, 0.6) is 11.5 Å². The number of nitrogens with one attached hydrogen (secondary N) is 1. The van der Waals surface area contributed by atoms with Crippen molar-refractivity contribution >= 4 is 21.6 Å². The Morgan fingerprint density at radius 2 is 1.80 bits per heavy atom. The molecule has 0 aromatic heterocycles. The first-order chi connectivity index (χ1) is 14.5. The van der Waals surface area contributed by atoms with Crippen LogP contribution < -0.4 is 14.8 Å². The minimum absolute atomic E-state index is 0.0807. The monoisotopic (exact) mass is 432 g/mol. The fourth-order valence-corrected chi connectivity index (χ4v) is 5.06. The molecule has 2 aromatic rings. The van der Waals surface area contributed by atoms with Gasteiger partial charge in [0.15, 0.2) is 0 Å². The minimum atomic E-state index is -3.68. The standard InChI is InChI=1S/C22H28N2O5S/c1-28-20-13-12-18(17-21(20)30(26,27)24-14-6-3-7-15-24)23-22(25)11-8-16-29-19-9-4-2-5-10-19/h2,4-5,9-10,12-13,17H,3,6-8,11,14-16H2,1H3,(H,23,25). The van der Waals surface area contributed by atoms with E-state index < -0.39 is 10.0 Å². The highest BCUT2D eigenvalue weighted by Gasteiger charge is 2.29. The van der Waals surface area contributed by atoms with Crippen molar-refractivity contribution in [2.75, 3.05) is 32.1 Å². The second kappa shape index (κ2) is 10.4. The number of amides is 1. The number of sulfonamides is 1. The van der Waals surface area contributed by atoms with E-state index in [9.17, 15) is 13.2 Å². The number of rotatable bonds is 9. The Kier molecular flexibility index (Phi) is 7.70. The predicted molar refractivity (Wildman–Crippen MR) is 115 cm³/mol. The van der Waals surface area contributed by atoms with E-state index in [4.69, 9.17) is 9.47 Å². The number of hydrogen-bond acceptors (Lipinski definition) is 5. The number of nitrogens with zero attached hydrogens (tertiary/aromatic N) is 1. The Morgan fingerprint density at radius 1 is 1.07 bits per heavy atom. The van der Waals surface area contributed by atoms with Crippen LogP contribution in [-0.2, 0) is 14.8 Å². The van der Waals surface area contributed by atoms with Crippen molar-refractivity contribution in [3.63, 3.8) is 0 Å². The van der Waals surface area contributed by atoms with Crippen molar-refractivity contribution in [3.05, 3.63) is 48.5 Å². The molecule has 1 saturated heterocycles. The summed E-state index contributed by atoms with van der Waals surface area (Å²) in [5.41, 5.74) is 0.431. The van der Waals surface area contributed by atoms with Gasteiger partial charge in [0.05, 0.1) is 13.7 Å². The Morgan fingerprint density at radius 3 is 2.50 bits per heavy atom. The molecule has 1 aliphatic heterocycles. The first-order valence-corrected chi connectivity index (χ1v) is 11.6. The summed E-state index contributed by atoms with van der Waals surface area (Å²) in [5.74, 6) is 0.841. The molecule has 0 saturated carbocycles. The molecule has 3 rings (SSSR count). The van der Waals surface area contributed by atoms with E-state index >= 15 is 0 Å². The second-order valence-corrected chi connectivity index (χ2v) is 9.05. The van der Waals surface area contributed by atoms with Gasteiger partial charge < -0.3 is 14.8 Å². The SMILES string of the molecule is COc1ccc(NC(=O)CCCOc2ccccc2)cc1S(=O)(=O)N1CCCCC1. The highest BCUT2D eigenvalue weighted by atomic mass is 32.2. The zero-order valence-electron chi connectivity index (χ0n) is 17.2. The summed E-state index contributed by atoms with van der Waals surface area (Å²) < 4.78 is 38.5. The molecule has 0 atom stereocenters. The molecule has 0 aliphatic carbocycles. The largest absolute Gasteiger partial charge is 0.495 e. The van der Waals surface area contributed by atoms with Crippen molar-refractivity contribution in [2.45, 2.75) is 37.0 Å². The van der Waals surface area contributed by atoms with Crippen molar-refractivity contribution < 1.29 is 22.7 Å². The average Bonchev–Trinajstić information content (AvgIpc) is 2.78. The van der Waals surface area contributed by atoms with E-state index in [2.05, 4.69) is 5.32 Å². The van der Waals surface area contributed by atoms with E-state index in [-0.39, 0.29) is 23.0 Å². The number of ether oxygens (including phenoxy) is 2.